The first-order chi connectivity index (χ1) is 26.3. The van der Waals surface area contributed by atoms with Gasteiger partial charge in [-0.3, -0.25) is 0 Å². The second-order valence-corrected chi connectivity index (χ2v) is 14.0. The Morgan fingerprint density at radius 1 is 0.358 bits per heavy atom. The fourth-order valence-electron chi connectivity index (χ4n) is 8.99. The molecule has 5 heteroatoms. The van der Waals surface area contributed by atoms with Gasteiger partial charge in [-0.25, -0.2) is 0 Å². The molecule has 8 aromatic carbocycles. The topological polar surface area (TPSA) is 32.8 Å². The van der Waals surface area contributed by atoms with E-state index in [1.807, 2.05) is 18.2 Å². The molecule has 2 aromatic heterocycles. The van der Waals surface area contributed by atoms with Gasteiger partial charge in [0.05, 0.1) is 5.69 Å². The lowest BCUT2D eigenvalue weighted by atomic mass is 9.33. The summed E-state index contributed by atoms with van der Waals surface area (Å²) in [6.45, 7) is 0.0757. The summed E-state index contributed by atoms with van der Waals surface area (Å²) >= 11 is 0. The molecule has 4 nitrogen and oxygen atoms in total. The van der Waals surface area contributed by atoms with E-state index in [9.17, 15) is 0 Å². The summed E-state index contributed by atoms with van der Waals surface area (Å²) < 4.78 is 12.8. The summed E-state index contributed by atoms with van der Waals surface area (Å²) in [6, 6.07) is 63.1. The van der Waals surface area contributed by atoms with E-state index in [1.165, 1.54) is 44.6 Å². The molecule has 0 aliphatic carbocycles. The summed E-state index contributed by atoms with van der Waals surface area (Å²) in [4.78, 5) is 4.86. The molecule has 0 fully saturated rings. The highest BCUT2D eigenvalue weighted by Crippen LogP contribution is 2.46. The molecule has 12 rings (SSSR count). The quantitative estimate of drug-likeness (QED) is 0.174. The second kappa shape index (κ2) is 10.8. The predicted molar refractivity (Wildman–Crippen MR) is 220 cm³/mol. The fourth-order valence-corrected chi connectivity index (χ4v) is 8.99. The smallest absolute Gasteiger partial charge is 0.252 e. The molecule has 0 N–H and O–H groups in total. The zero-order chi connectivity index (χ0) is 34.6. The lowest BCUT2D eigenvalue weighted by molar-refractivity contribution is 0.668. The van der Waals surface area contributed by atoms with E-state index in [2.05, 4.69) is 168 Å². The van der Waals surface area contributed by atoms with Gasteiger partial charge in [-0.1, -0.05) is 109 Å². The predicted octanol–water partition coefficient (Wildman–Crippen LogP) is 11.2. The van der Waals surface area contributed by atoms with Crippen LogP contribution >= 0.6 is 0 Å². The highest BCUT2D eigenvalue weighted by atomic mass is 16.3. The van der Waals surface area contributed by atoms with Crippen LogP contribution in [0.2, 0.25) is 0 Å². The molecule has 0 amide bonds. The van der Waals surface area contributed by atoms with Gasteiger partial charge in [0, 0.05) is 50.0 Å². The van der Waals surface area contributed by atoms with E-state index in [1.54, 1.807) is 0 Å². The number of benzene rings is 8. The molecule has 10 aromatic rings. The third-order valence-corrected chi connectivity index (χ3v) is 11.3. The van der Waals surface area contributed by atoms with Crippen LogP contribution in [-0.4, -0.2) is 6.71 Å². The van der Waals surface area contributed by atoms with Gasteiger partial charge in [-0.15, -0.1) is 0 Å². The number of para-hydroxylation sites is 5. The van der Waals surface area contributed by atoms with E-state index in [4.69, 9.17) is 8.83 Å². The molecule has 0 spiro atoms. The van der Waals surface area contributed by atoms with Gasteiger partial charge in [0.2, 0.25) is 0 Å². The van der Waals surface area contributed by atoms with Gasteiger partial charge >= 0.3 is 0 Å². The SMILES string of the molecule is c1ccc2c(c1)B1c3ccccc3N(c3cccc4c3oc3ccccc34)c3cccc(c31)N2c1ccc(-c2ccc3oc4ccccc4c3c2)cc1. The lowest BCUT2D eigenvalue weighted by Crippen LogP contribution is -2.61. The van der Waals surface area contributed by atoms with Crippen molar-refractivity contribution in [2.75, 3.05) is 9.80 Å². The Balaban J connectivity index is 1.04. The molecule has 0 unspecified atom stereocenters. The van der Waals surface area contributed by atoms with Crippen molar-refractivity contribution in [3.63, 3.8) is 0 Å². The maximum absolute atomic E-state index is 6.64. The third kappa shape index (κ3) is 4.02. The van der Waals surface area contributed by atoms with E-state index in [0.717, 1.165) is 60.9 Å². The van der Waals surface area contributed by atoms with Crippen molar-refractivity contribution in [3.8, 4) is 11.1 Å². The normalized spacial score (nSPS) is 13.2. The van der Waals surface area contributed by atoms with Crippen molar-refractivity contribution in [3.05, 3.63) is 176 Å². The van der Waals surface area contributed by atoms with Crippen LogP contribution in [0, 0.1) is 0 Å². The van der Waals surface area contributed by atoms with E-state index >= 15 is 0 Å². The molecule has 0 atom stereocenters. The number of nitrogens with zero attached hydrogens (tertiary/aromatic N) is 2. The largest absolute Gasteiger partial charge is 0.456 e. The summed E-state index contributed by atoms with van der Waals surface area (Å²) in [6.07, 6.45) is 0. The van der Waals surface area contributed by atoms with E-state index in [0.29, 0.717) is 0 Å². The van der Waals surface area contributed by atoms with Crippen LogP contribution in [0.1, 0.15) is 0 Å². The van der Waals surface area contributed by atoms with Crippen LogP contribution in [0.5, 0.6) is 0 Å². The number of fused-ring (bicyclic) bond motifs is 10. The van der Waals surface area contributed by atoms with Crippen LogP contribution in [0.3, 0.4) is 0 Å². The minimum atomic E-state index is 0.0757. The average Bonchev–Trinajstić information content (AvgIpc) is 3.79. The number of rotatable bonds is 3. The van der Waals surface area contributed by atoms with E-state index < -0.39 is 0 Å². The van der Waals surface area contributed by atoms with Gasteiger partial charge in [0.1, 0.15) is 16.7 Å². The van der Waals surface area contributed by atoms with Crippen molar-refractivity contribution in [2.24, 2.45) is 0 Å². The minimum Gasteiger partial charge on any atom is -0.456 e. The van der Waals surface area contributed by atoms with Crippen molar-refractivity contribution < 1.29 is 8.83 Å². The van der Waals surface area contributed by atoms with Crippen molar-refractivity contribution in [1.29, 1.82) is 0 Å². The fraction of sp³-hybridized carbons (Fsp3) is 0. The van der Waals surface area contributed by atoms with Crippen LogP contribution < -0.4 is 26.2 Å². The Morgan fingerprint density at radius 2 is 0.887 bits per heavy atom. The Hall–Kier alpha value is -6.98. The first-order valence-electron chi connectivity index (χ1n) is 18.1. The first-order valence-corrected chi connectivity index (χ1v) is 18.1. The van der Waals surface area contributed by atoms with Crippen molar-refractivity contribution in [1.82, 2.24) is 0 Å². The monoisotopic (exact) mass is 676 g/mol. The average molecular weight is 677 g/mol. The molecule has 0 saturated heterocycles. The summed E-state index contributed by atoms with van der Waals surface area (Å²) in [5.41, 5.74) is 16.7. The molecular weight excluding hydrogens is 647 g/mol. The molecule has 246 valence electrons. The van der Waals surface area contributed by atoms with Crippen LogP contribution in [0.25, 0.3) is 55.0 Å². The highest BCUT2D eigenvalue weighted by molar-refractivity contribution is 7.00. The number of anilines is 6. The molecule has 0 radical (unpaired) electrons. The highest BCUT2D eigenvalue weighted by Gasteiger charge is 2.43. The molecular formula is C48H29BN2O2. The van der Waals surface area contributed by atoms with Gasteiger partial charge in [0.15, 0.2) is 5.58 Å². The molecule has 2 aliphatic rings. The Bertz CT molecular complexity index is 3100. The lowest BCUT2D eigenvalue weighted by Gasteiger charge is -2.43. The Labute approximate surface area is 305 Å². The van der Waals surface area contributed by atoms with Gasteiger partial charge in [-0.2, -0.15) is 0 Å². The summed E-state index contributed by atoms with van der Waals surface area (Å²) in [7, 11) is 0. The maximum Gasteiger partial charge on any atom is 0.252 e. The molecule has 0 bridgehead atoms. The molecule has 53 heavy (non-hydrogen) atoms. The Morgan fingerprint density at radius 3 is 1.66 bits per heavy atom. The standard InChI is InChI=1S/C48H29BN2O2/c1-8-22-45-33(11-1)35-13-9-20-43(48(35)53-45)51-40-17-6-4-15-38(40)49-37-14-3-5-16-39(37)50(41-18-10-19-42(51)47(41)49)32-26-23-30(24-27-32)31-25-28-46-36(29-31)34-12-2-7-21-44(34)52-46/h1-29H. The van der Waals surface area contributed by atoms with Gasteiger partial charge in [-0.05, 0) is 94.2 Å². The van der Waals surface area contributed by atoms with Crippen molar-refractivity contribution in [2.45, 2.75) is 0 Å². The number of furan rings is 2. The number of hydrogen-bond donors (Lipinski definition) is 0. The first kappa shape index (κ1) is 28.7. The number of hydrogen-bond acceptors (Lipinski definition) is 4. The summed E-state index contributed by atoms with van der Waals surface area (Å²) in [5.74, 6) is 0. The van der Waals surface area contributed by atoms with Crippen LogP contribution in [0.4, 0.5) is 34.1 Å². The second-order valence-electron chi connectivity index (χ2n) is 14.0. The third-order valence-electron chi connectivity index (χ3n) is 11.3. The summed E-state index contributed by atoms with van der Waals surface area (Å²) in [5, 5.41) is 4.53. The minimum absolute atomic E-state index is 0.0757. The van der Waals surface area contributed by atoms with Crippen LogP contribution in [-0.2, 0) is 0 Å². The zero-order valence-corrected chi connectivity index (χ0v) is 28.5. The van der Waals surface area contributed by atoms with Crippen LogP contribution in [0.15, 0.2) is 185 Å². The van der Waals surface area contributed by atoms with Gasteiger partial charge < -0.3 is 18.6 Å². The Kier molecular flexibility index (Phi) is 5.83. The maximum atomic E-state index is 6.64. The van der Waals surface area contributed by atoms with Crippen molar-refractivity contribution >= 4 is 101 Å². The van der Waals surface area contributed by atoms with Gasteiger partial charge in [0.25, 0.3) is 6.71 Å². The zero-order valence-electron chi connectivity index (χ0n) is 28.5. The molecule has 0 saturated carbocycles. The molecule has 4 heterocycles. The van der Waals surface area contributed by atoms with E-state index in [-0.39, 0.29) is 6.71 Å². The molecule has 2 aliphatic heterocycles.